The van der Waals surface area contributed by atoms with Gasteiger partial charge in [0, 0.05) is 12.5 Å². The van der Waals surface area contributed by atoms with Crippen LogP contribution in [0.15, 0.2) is 0 Å². The van der Waals surface area contributed by atoms with Gasteiger partial charge in [-0.05, 0) is 20.8 Å². The topological polar surface area (TPSA) is 75.3 Å². The van der Waals surface area contributed by atoms with Crippen molar-refractivity contribution >= 4 is 16.0 Å². The van der Waals surface area contributed by atoms with Crippen LogP contribution in [0.5, 0.6) is 0 Å². The summed E-state index contributed by atoms with van der Waals surface area (Å²) in [7, 11) is -3.56. The smallest absolute Gasteiger partial charge is 0.277 e. The number of hydrogen-bond acceptors (Lipinski definition) is 3. The Hall–Kier alpha value is -0.460. The summed E-state index contributed by atoms with van der Waals surface area (Å²) >= 11 is 0. The fourth-order valence-electron chi connectivity index (χ4n) is 0.949. The van der Waals surface area contributed by atoms with E-state index in [0.29, 0.717) is 6.42 Å². The van der Waals surface area contributed by atoms with Crippen LogP contribution in [-0.4, -0.2) is 26.3 Å². The minimum atomic E-state index is -3.56. The summed E-state index contributed by atoms with van der Waals surface area (Å²) in [6.45, 7) is 6.66. The van der Waals surface area contributed by atoms with Gasteiger partial charge in [-0.15, -0.1) is 0 Å². The lowest BCUT2D eigenvalue weighted by Crippen LogP contribution is -2.46. The van der Waals surface area contributed by atoms with Gasteiger partial charge in [-0.2, -0.15) is 17.9 Å². The Morgan fingerprint density at radius 2 is 1.71 bits per heavy atom. The molecule has 14 heavy (non-hydrogen) atoms. The molecule has 1 atom stereocenters. The number of hydrogen-bond donors (Lipinski definition) is 2. The molecule has 0 saturated heterocycles. The quantitative estimate of drug-likeness (QED) is 0.673. The first-order valence-corrected chi connectivity index (χ1v) is 6.09. The summed E-state index contributed by atoms with van der Waals surface area (Å²) in [6, 6.07) is -0.854. The molecule has 0 amide bonds. The molecule has 0 heterocycles. The van der Waals surface area contributed by atoms with Crippen LogP contribution in [0.3, 0.4) is 0 Å². The normalized spacial score (nSPS) is 14.4. The lowest BCUT2D eigenvalue weighted by atomic mass is 10.2. The second kappa shape index (κ2) is 5.43. The Labute approximate surface area is 85.5 Å². The predicted octanol–water partition coefficient (Wildman–Crippen LogP) is 0.186. The van der Waals surface area contributed by atoms with Crippen LogP contribution in [0, 0.1) is 0 Å². The maximum atomic E-state index is 11.3. The van der Waals surface area contributed by atoms with Gasteiger partial charge < -0.3 is 0 Å². The predicted molar refractivity (Wildman–Crippen MR) is 55.1 cm³/mol. The van der Waals surface area contributed by atoms with Crippen LogP contribution < -0.4 is 9.44 Å². The van der Waals surface area contributed by atoms with Gasteiger partial charge in [-0.3, -0.25) is 4.79 Å². The lowest BCUT2D eigenvalue weighted by Gasteiger charge is -2.14. The van der Waals surface area contributed by atoms with Gasteiger partial charge in [0.05, 0.1) is 6.04 Å². The number of carbonyl (C=O) groups excluding carboxylic acids is 1. The molecule has 0 aromatic rings. The summed E-state index contributed by atoms with van der Waals surface area (Å²) in [6.07, 6.45) is 0.325. The van der Waals surface area contributed by atoms with E-state index >= 15 is 0 Å². The zero-order valence-electron chi connectivity index (χ0n) is 8.99. The third-order valence-corrected chi connectivity index (χ3v) is 3.00. The zero-order valence-corrected chi connectivity index (χ0v) is 9.81. The number of carbonyl (C=O) groups is 1. The van der Waals surface area contributed by atoms with E-state index in [1.165, 1.54) is 6.92 Å². The van der Waals surface area contributed by atoms with Crippen LogP contribution in [0.4, 0.5) is 0 Å². The van der Waals surface area contributed by atoms with Gasteiger partial charge in [0.2, 0.25) is 0 Å². The van der Waals surface area contributed by atoms with Gasteiger partial charge in [0.15, 0.2) is 0 Å². The Morgan fingerprint density at radius 3 is 2.07 bits per heavy atom. The van der Waals surface area contributed by atoms with Gasteiger partial charge in [-0.25, -0.2) is 0 Å². The summed E-state index contributed by atoms with van der Waals surface area (Å²) in [5.41, 5.74) is 0. The van der Waals surface area contributed by atoms with Crippen molar-refractivity contribution in [2.24, 2.45) is 0 Å². The average Bonchev–Trinajstić information content (AvgIpc) is 1.99. The first-order chi connectivity index (χ1) is 6.28. The highest BCUT2D eigenvalue weighted by Gasteiger charge is 2.18. The Morgan fingerprint density at radius 1 is 1.21 bits per heavy atom. The standard InChI is InChI=1S/C8H18N2O3S/c1-5-8(11)7(4)10-14(12,13)9-6(2)3/h6-7,9-10H,5H2,1-4H3. The fraction of sp³-hybridized carbons (Fsp3) is 0.875. The molecular formula is C8H18N2O3S. The summed E-state index contributed by atoms with van der Waals surface area (Å²) in [4.78, 5) is 11.1. The highest BCUT2D eigenvalue weighted by atomic mass is 32.2. The highest BCUT2D eigenvalue weighted by Crippen LogP contribution is 1.93. The number of rotatable bonds is 6. The van der Waals surface area contributed by atoms with E-state index < -0.39 is 16.3 Å². The lowest BCUT2D eigenvalue weighted by molar-refractivity contribution is -0.119. The van der Waals surface area contributed by atoms with Gasteiger partial charge in [0.25, 0.3) is 10.2 Å². The number of ketones is 1. The minimum Gasteiger partial charge on any atom is -0.298 e. The summed E-state index contributed by atoms with van der Waals surface area (Å²) in [5.74, 6) is -0.126. The first-order valence-electron chi connectivity index (χ1n) is 4.60. The molecule has 2 N–H and O–H groups in total. The SMILES string of the molecule is CCC(=O)C(C)NS(=O)(=O)NC(C)C. The van der Waals surface area contributed by atoms with Crippen molar-refractivity contribution in [3.05, 3.63) is 0 Å². The molecule has 0 aromatic heterocycles. The van der Waals surface area contributed by atoms with Crippen molar-refractivity contribution in [1.82, 2.24) is 9.44 Å². The third kappa shape index (κ3) is 5.31. The second-order valence-electron chi connectivity index (χ2n) is 3.44. The summed E-state index contributed by atoms with van der Waals surface area (Å²) < 4.78 is 27.2. The fourth-order valence-corrected chi connectivity index (χ4v) is 2.23. The van der Waals surface area contributed by atoms with Crippen LogP contribution in [0.25, 0.3) is 0 Å². The molecule has 6 heteroatoms. The van der Waals surface area contributed by atoms with E-state index in [-0.39, 0.29) is 11.8 Å². The van der Waals surface area contributed by atoms with E-state index in [1.54, 1.807) is 20.8 Å². The zero-order chi connectivity index (χ0) is 11.4. The van der Waals surface area contributed by atoms with Crippen LogP contribution >= 0.6 is 0 Å². The van der Waals surface area contributed by atoms with E-state index in [2.05, 4.69) is 9.44 Å². The number of nitrogens with one attached hydrogen (secondary N) is 2. The number of Topliss-reactive ketones (excluding diaryl/α,β-unsaturated/α-hetero) is 1. The monoisotopic (exact) mass is 222 g/mol. The van der Waals surface area contributed by atoms with Crippen molar-refractivity contribution < 1.29 is 13.2 Å². The Kier molecular flexibility index (Phi) is 5.25. The molecule has 5 nitrogen and oxygen atoms in total. The molecule has 0 bridgehead atoms. The molecule has 0 radical (unpaired) electrons. The molecule has 84 valence electrons. The van der Waals surface area contributed by atoms with Crippen molar-refractivity contribution in [2.45, 2.75) is 46.2 Å². The highest BCUT2D eigenvalue weighted by molar-refractivity contribution is 7.87. The Balaban J connectivity index is 4.30. The van der Waals surface area contributed by atoms with Crippen molar-refractivity contribution in [3.8, 4) is 0 Å². The molecule has 0 fully saturated rings. The maximum Gasteiger partial charge on any atom is 0.277 e. The molecular weight excluding hydrogens is 204 g/mol. The third-order valence-electron chi connectivity index (χ3n) is 1.55. The van der Waals surface area contributed by atoms with Crippen molar-refractivity contribution in [1.29, 1.82) is 0 Å². The van der Waals surface area contributed by atoms with Crippen LogP contribution in [-0.2, 0) is 15.0 Å². The molecule has 0 spiro atoms. The van der Waals surface area contributed by atoms with Gasteiger partial charge in [-0.1, -0.05) is 6.92 Å². The molecule has 1 unspecified atom stereocenters. The van der Waals surface area contributed by atoms with Crippen LogP contribution in [0.1, 0.15) is 34.1 Å². The van der Waals surface area contributed by atoms with Gasteiger partial charge >= 0.3 is 0 Å². The van der Waals surface area contributed by atoms with E-state index in [0.717, 1.165) is 0 Å². The first kappa shape index (κ1) is 13.5. The molecule has 0 aliphatic carbocycles. The summed E-state index contributed by atoms with van der Waals surface area (Å²) in [5, 5.41) is 0. The van der Waals surface area contributed by atoms with Crippen molar-refractivity contribution in [3.63, 3.8) is 0 Å². The van der Waals surface area contributed by atoms with Crippen molar-refractivity contribution in [2.75, 3.05) is 0 Å². The van der Waals surface area contributed by atoms with Crippen LogP contribution in [0.2, 0.25) is 0 Å². The molecule has 0 rings (SSSR count). The minimum absolute atomic E-state index is 0.126. The van der Waals surface area contributed by atoms with E-state index in [4.69, 9.17) is 0 Å². The van der Waals surface area contributed by atoms with Gasteiger partial charge in [0.1, 0.15) is 5.78 Å². The molecule has 0 saturated carbocycles. The largest absolute Gasteiger partial charge is 0.298 e. The Bertz CT molecular complexity index is 285. The van der Waals surface area contributed by atoms with E-state index in [9.17, 15) is 13.2 Å². The second-order valence-corrected chi connectivity index (χ2v) is 4.91. The molecule has 0 aromatic carbocycles. The molecule has 0 aliphatic rings. The average molecular weight is 222 g/mol. The maximum absolute atomic E-state index is 11.3. The van der Waals surface area contributed by atoms with E-state index in [1.807, 2.05) is 0 Å². The molecule has 0 aliphatic heterocycles.